The molecule has 1 aliphatic rings. The monoisotopic (exact) mass is 236 g/mol. The maximum Gasteiger partial charge on any atom is 0.217 e. The van der Waals surface area contributed by atoms with E-state index in [4.69, 9.17) is 5.73 Å². The number of primary amides is 1. The molecule has 1 aromatic heterocycles. The molecule has 0 saturated carbocycles. The topological polar surface area (TPSA) is 64.2 Å². The van der Waals surface area contributed by atoms with Crippen LogP contribution in [-0.2, 0) is 11.2 Å². The molecule has 2 rings (SSSR count). The average Bonchev–Trinajstić information content (AvgIpc) is 2.94. The van der Waals surface area contributed by atoms with Gasteiger partial charge >= 0.3 is 0 Å². The summed E-state index contributed by atoms with van der Waals surface area (Å²) in [5.41, 5.74) is 6.19. The number of aryl methyl sites for hydroxylation is 1. The molecule has 2 N–H and O–H groups in total. The first kappa shape index (κ1) is 12.0. The highest BCUT2D eigenvalue weighted by Gasteiger charge is 2.12. The summed E-state index contributed by atoms with van der Waals surface area (Å²) in [6, 6.07) is 0. The molecule has 0 spiro atoms. The molecular formula is C12H20N4O. The predicted octanol–water partition coefficient (Wildman–Crippen LogP) is 0.813. The van der Waals surface area contributed by atoms with Gasteiger partial charge in [-0.3, -0.25) is 9.47 Å². The minimum atomic E-state index is -0.215. The van der Waals surface area contributed by atoms with E-state index in [-0.39, 0.29) is 5.91 Å². The third-order valence-corrected chi connectivity index (χ3v) is 3.14. The van der Waals surface area contributed by atoms with Crippen LogP contribution in [-0.4, -0.2) is 28.7 Å². The fraction of sp³-hybridized carbons (Fsp3) is 0.667. The summed E-state index contributed by atoms with van der Waals surface area (Å²) in [7, 11) is 0. The minimum absolute atomic E-state index is 0.215. The van der Waals surface area contributed by atoms with Gasteiger partial charge in [-0.2, -0.15) is 0 Å². The molecule has 5 heteroatoms. The van der Waals surface area contributed by atoms with Crippen molar-refractivity contribution in [2.45, 2.75) is 38.5 Å². The molecule has 17 heavy (non-hydrogen) atoms. The van der Waals surface area contributed by atoms with E-state index in [9.17, 15) is 4.79 Å². The Labute approximate surface area is 102 Å². The molecule has 5 nitrogen and oxygen atoms in total. The number of hydrogen-bond donors (Lipinski definition) is 1. The molecule has 1 saturated heterocycles. The maximum absolute atomic E-state index is 10.6. The Morgan fingerprint density at radius 3 is 2.82 bits per heavy atom. The number of unbranched alkanes of at least 4 members (excludes halogenated alkanes) is 1. The molecule has 2 heterocycles. The summed E-state index contributed by atoms with van der Waals surface area (Å²) in [4.78, 5) is 15.0. The van der Waals surface area contributed by atoms with E-state index in [1.165, 1.54) is 12.8 Å². The Hall–Kier alpha value is -1.52. The number of nitrogens with two attached hydrogens (primary N) is 1. The maximum atomic E-state index is 10.6. The van der Waals surface area contributed by atoms with Crippen LogP contribution in [0.4, 0.5) is 0 Å². The second kappa shape index (κ2) is 5.70. The van der Waals surface area contributed by atoms with E-state index in [0.29, 0.717) is 6.42 Å². The number of aromatic nitrogens is 2. The van der Waals surface area contributed by atoms with Crippen LogP contribution in [0.15, 0.2) is 12.5 Å². The Morgan fingerprint density at radius 2 is 2.12 bits per heavy atom. The lowest BCUT2D eigenvalue weighted by atomic mass is 10.1. The summed E-state index contributed by atoms with van der Waals surface area (Å²) >= 11 is 0. The first-order valence-electron chi connectivity index (χ1n) is 6.32. The van der Waals surface area contributed by atoms with Crippen molar-refractivity contribution in [1.29, 1.82) is 0 Å². The molecule has 94 valence electrons. The first-order valence-corrected chi connectivity index (χ1v) is 6.32. The van der Waals surface area contributed by atoms with Gasteiger partial charge in [0, 0.05) is 25.7 Å². The highest BCUT2D eigenvalue weighted by atomic mass is 16.1. The van der Waals surface area contributed by atoms with Gasteiger partial charge in [0.15, 0.2) is 0 Å². The van der Waals surface area contributed by atoms with Gasteiger partial charge in [-0.1, -0.05) is 0 Å². The van der Waals surface area contributed by atoms with E-state index < -0.39 is 0 Å². The standard InChI is InChI=1S/C12H20N4O/c13-12(17)6-2-1-5-11-9-16(10-14-11)15-7-3-4-8-15/h9-10H,1-8H2,(H2,13,17). The lowest BCUT2D eigenvalue weighted by Gasteiger charge is -2.17. The van der Waals surface area contributed by atoms with Crippen LogP contribution >= 0.6 is 0 Å². The molecule has 0 radical (unpaired) electrons. The van der Waals surface area contributed by atoms with Crippen LogP contribution in [0.5, 0.6) is 0 Å². The van der Waals surface area contributed by atoms with Crippen molar-refractivity contribution in [3.8, 4) is 0 Å². The van der Waals surface area contributed by atoms with Crippen molar-refractivity contribution in [1.82, 2.24) is 9.66 Å². The zero-order chi connectivity index (χ0) is 12.1. The molecule has 0 aromatic carbocycles. The van der Waals surface area contributed by atoms with Crippen LogP contribution < -0.4 is 10.7 Å². The lowest BCUT2D eigenvalue weighted by molar-refractivity contribution is -0.118. The number of hydrogen-bond acceptors (Lipinski definition) is 3. The third kappa shape index (κ3) is 3.47. The largest absolute Gasteiger partial charge is 0.370 e. The fourth-order valence-corrected chi connectivity index (χ4v) is 2.17. The van der Waals surface area contributed by atoms with Gasteiger partial charge in [-0.05, 0) is 32.1 Å². The van der Waals surface area contributed by atoms with Crippen LogP contribution in [0.2, 0.25) is 0 Å². The summed E-state index contributed by atoms with van der Waals surface area (Å²) in [6.07, 6.45) is 9.75. The van der Waals surface area contributed by atoms with Gasteiger partial charge in [0.1, 0.15) is 6.33 Å². The van der Waals surface area contributed by atoms with E-state index in [0.717, 1.165) is 38.0 Å². The Balaban J connectivity index is 1.75. The average molecular weight is 236 g/mol. The van der Waals surface area contributed by atoms with Gasteiger partial charge in [-0.25, -0.2) is 4.98 Å². The van der Waals surface area contributed by atoms with Crippen molar-refractivity contribution in [2.75, 3.05) is 18.1 Å². The summed E-state index contributed by atoms with van der Waals surface area (Å²) in [6.45, 7) is 2.24. The zero-order valence-electron chi connectivity index (χ0n) is 10.1. The number of imidazole rings is 1. The van der Waals surface area contributed by atoms with Crippen LogP contribution in [0.1, 0.15) is 37.8 Å². The van der Waals surface area contributed by atoms with Gasteiger partial charge in [-0.15, -0.1) is 0 Å². The quantitative estimate of drug-likeness (QED) is 0.743. The Bertz CT molecular complexity index is 368. The van der Waals surface area contributed by atoms with Crippen LogP contribution in [0.25, 0.3) is 0 Å². The number of nitrogens with zero attached hydrogens (tertiary/aromatic N) is 3. The third-order valence-electron chi connectivity index (χ3n) is 3.14. The molecule has 1 aromatic rings. The van der Waals surface area contributed by atoms with Crippen LogP contribution in [0.3, 0.4) is 0 Å². The number of rotatable bonds is 6. The molecule has 1 amide bonds. The van der Waals surface area contributed by atoms with E-state index in [2.05, 4.69) is 20.9 Å². The lowest BCUT2D eigenvalue weighted by Crippen LogP contribution is -2.29. The Kier molecular flexibility index (Phi) is 4.01. The molecular weight excluding hydrogens is 216 g/mol. The van der Waals surface area contributed by atoms with Gasteiger partial charge in [0.2, 0.25) is 5.91 Å². The number of amides is 1. The molecule has 0 aliphatic carbocycles. The first-order chi connectivity index (χ1) is 8.25. The summed E-state index contributed by atoms with van der Waals surface area (Å²) in [5.74, 6) is -0.215. The second-order valence-electron chi connectivity index (χ2n) is 4.58. The zero-order valence-corrected chi connectivity index (χ0v) is 10.1. The van der Waals surface area contributed by atoms with E-state index >= 15 is 0 Å². The molecule has 1 aliphatic heterocycles. The van der Waals surface area contributed by atoms with Crippen molar-refractivity contribution in [3.05, 3.63) is 18.2 Å². The predicted molar refractivity (Wildman–Crippen MR) is 66.2 cm³/mol. The van der Waals surface area contributed by atoms with Gasteiger partial charge < -0.3 is 10.7 Å². The summed E-state index contributed by atoms with van der Waals surface area (Å²) < 4.78 is 2.09. The van der Waals surface area contributed by atoms with Crippen molar-refractivity contribution < 1.29 is 4.79 Å². The molecule has 0 unspecified atom stereocenters. The Morgan fingerprint density at radius 1 is 1.35 bits per heavy atom. The molecule has 1 fully saturated rings. The molecule has 0 bridgehead atoms. The summed E-state index contributed by atoms with van der Waals surface area (Å²) in [5, 5.41) is 2.31. The van der Waals surface area contributed by atoms with Crippen molar-refractivity contribution in [3.63, 3.8) is 0 Å². The van der Waals surface area contributed by atoms with E-state index in [1.54, 1.807) is 0 Å². The highest BCUT2D eigenvalue weighted by Crippen LogP contribution is 2.09. The normalized spacial score (nSPS) is 15.4. The van der Waals surface area contributed by atoms with Crippen molar-refractivity contribution in [2.24, 2.45) is 5.73 Å². The van der Waals surface area contributed by atoms with Gasteiger partial charge in [0.05, 0.1) is 5.69 Å². The number of carbonyl (C=O) groups is 1. The number of carbonyl (C=O) groups excluding carboxylic acids is 1. The minimum Gasteiger partial charge on any atom is -0.370 e. The van der Waals surface area contributed by atoms with Crippen molar-refractivity contribution >= 4 is 5.91 Å². The van der Waals surface area contributed by atoms with Crippen LogP contribution in [0, 0.1) is 0 Å². The SMILES string of the molecule is NC(=O)CCCCc1cn(N2CCCC2)cn1. The van der Waals surface area contributed by atoms with Gasteiger partial charge in [0.25, 0.3) is 0 Å². The fourth-order valence-electron chi connectivity index (χ4n) is 2.17. The highest BCUT2D eigenvalue weighted by molar-refractivity contribution is 5.73. The second-order valence-corrected chi connectivity index (χ2v) is 4.58. The smallest absolute Gasteiger partial charge is 0.217 e. The van der Waals surface area contributed by atoms with E-state index in [1.807, 2.05) is 6.33 Å². The molecule has 0 atom stereocenters.